The molecule has 10 nitrogen and oxygen atoms in total. The van der Waals surface area contributed by atoms with Crippen molar-refractivity contribution in [3.8, 4) is 0 Å². The predicted molar refractivity (Wildman–Crippen MR) is 177 cm³/mol. The molecule has 2 aromatic heterocycles. The molecule has 0 amide bonds. The molecule has 8 atom stereocenters. The average molecular weight is 664 g/mol. The molecule has 3 saturated heterocycles. The molecule has 2 bridgehead atoms. The van der Waals surface area contributed by atoms with Gasteiger partial charge >= 0.3 is 0 Å². The van der Waals surface area contributed by atoms with Gasteiger partial charge in [0.05, 0.1) is 19.0 Å². The highest BCUT2D eigenvalue weighted by Gasteiger charge is 2.65. The van der Waals surface area contributed by atoms with Gasteiger partial charge in [-0.3, -0.25) is 14.3 Å². The summed E-state index contributed by atoms with van der Waals surface area (Å²) in [5, 5.41) is 3.20. The fourth-order valence-electron chi connectivity index (χ4n) is 6.17. The van der Waals surface area contributed by atoms with Crippen LogP contribution in [0, 0.1) is 11.8 Å². The van der Waals surface area contributed by atoms with Crippen LogP contribution >= 0.6 is 44.1 Å². The van der Waals surface area contributed by atoms with Crippen molar-refractivity contribution in [1.29, 1.82) is 0 Å². The van der Waals surface area contributed by atoms with E-state index in [2.05, 4.69) is 61.5 Å². The average Bonchev–Trinajstić information content (AvgIpc) is 3.60. The van der Waals surface area contributed by atoms with Gasteiger partial charge in [-0.1, -0.05) is 44.3 Å². The highest BCUT2D eigenvalue weighted by atomic mass is 32.9. The molecule has 2 aromatic rings. The van der Waals surface area contributed by atoms with E-state index in [1.807, 2.05) is 0 Å². The minimum absolute atomic E-state index is 0. The van der Waals surface area contributed by atoms with Crippen LogP contribution < -0.4 is 10.9 Å². The van der Waals surface area contributed by atoms with E-state index >= 15 is 0 Å². The fraction of sp³-hybridized carbons (Fsp3) is 0.731. The van der Waals surface area contributed by atoms with Crippen LogP contribution in [-0.4, -0.2) is 61.3 Å². The van der Waals surface area contributed by atoms with Gasteiger partial charge in [-0.05, 0) is 63.2 Å². The summed E-state index contributed by atoms with van der Waals surface area (Å²) < 4.78 is 28.1. The highest BCUT2D eigenvalue weighted by Crippen LogP contribution is 2.77. The summed E-state index contributed by atoms with van der Waals surface area (Å²) in [6.07, 6.45) is 4.00. The molecule has 1 aliphatic carbocycles. The summed E-state index contributed by atoms with van der Waals surface area (Å²) in [6.45, 7) is 15.9. The minimum atomic E-state index is -2.67. The number of hydrogen-bond donors (Lipinski definition) is 2. The summed E-state index contributed by atoms with van der Waals surface area (Å²) in [5.41, 5.74) is -1.74. The van der Waals surface area contributed by atoms with E-state index in [0.29, 0.717) is 43.0 Å². The molecule has 3 aliphatic heterocycles. The molecule has 4 aliphatic rings. The zero-order valence-corrected chi connectivity index (χ0v) is 28.7. The summed E-state index contributed by atoms with van der Waals surface area (Å²) >= 11 is 7.85. The van der Waals surface area contributed by atoms with E-state index < -0.39 is 29.7 Å². The van der Waals surface area contributed by atoms with Gasteiger partial charge in [0.15, 0.2) is 17.4 Å². The Morgan fingerprint density at radius 3 is 2.88 bits per heavy atom. The maximum absolute atomic E-state index is 12.8. The van der Waals surface area contributed by atoms with Gasteiger partial charge in [-0.15, -0.1) is 0 Å². The topological polar surface area (TPSA) is 113 Å². The molecule has 2 N–H and O–H groups in total. The number of nitrogens with one attached hydrogen (secondary N) is 2. The van der Waals surface area contributed by atoms with E-state index in [1.165, 1.54) is 5.57 Å². The second-order valence-corrected chi connectivity index (χ2v) is 18.6. The fourth-order valence-corrected chi connectivity index (χ4v) is 13.7. The number of aromatic nitrogens is 4. The molecular formula is C26H42N5O5PS4. The van der Waals surface area contributed by atoms with Crippen molar-refractivity contribution in [2.24, 2.45) is 11.8 Å². The molecule has 1 saturated carbocycles. The van der Waals surface area contributed by atoms with Crippen LogP contribution in [0.2, 0.25) is 0 Å². The Labute approximate surface area is 264 Å². The maximum Gasteiger partial charge on any atom is 0.280 e. The van der Waals surface area contributed by atoms with E-state index in [-0.39, 0.29) is 48.9 Å². The third-order valence-electron chi connectivity index (χ3n) is 8.64. The number of imidazole rings is 1. The van der Waals surface area contributed by atoms with Crippen LogP contribution in [0.4, 0.5) is 5.95 Å². The van der Waals surface area contributed by atoms with E-state index in [9.17, 15) is 4.79 Å². The van der Waals surface area contributed by atoms with Crippen LogP contribution in [0.1, 0.15) is 66.5 Å². The quantitative estimate of drug-likeness (QED) is 0.283. The van der Waals surface area contributed by atoms with Crippen molar-refractivity contribution in [3.05, 3.63) is 28.8 Å². The van der Waals surface area contributed by atoms with Crippen molar-refractivity contribution in [2.45, 2.75) is 95.2 Å². The van der Waals surface area contributed by atoms with Crippen molar-refractivity contribution < 1.29 is 18.5 Å². The molecule has 41 heavy (non-hydrogen) atoms. The lowest BCUT2D eigenvalue weighted by Crippen LogP contribution is -2.40. The number of ether oxygens (including phenoxy) is 2. The largest absolute Gasteiger partial charge is 0.368 e. The van der Waals surface area contributed by atoms with Crippen LogP contribution in [0.3, 0.4) is 0 Å². The molecule has 15 heteroatoms. The number of anilines is 1. The number of nitrogens with zero attached hydrogens (tertiary/aromatic N) is 3. The summed E-state index contributed by atoms with van der Waals surface area (Å²) in [7, 11) is 0. The number of hydrogen-bond acceptors (Lipinski definition) is 10. The molecule has 0 aromatic carbocycles. The Bertz CT molecular complexity index is 1410. The first-order chi connectivity index (χ1) is 18.5. The van der Waals surface area contributed by atoms with Gasteiger partial charge in [0, 0.05) is 11.3 Å². The predicted octanol–water partition coefficient (Wildman–Crippen LogP) is 5.37. The molecule has 5 heterocycles. The van der Waals surface area contributed by atoms with Gasteiger partial charge < -0.3 is 23.8 Å². The lowest BCUT2D eigenvalue weighted by Gasteiger charge is -2.37. The first-order valence-electron chi connectivity index (χ1n) is 13.8. The van der Waals surface area contributed by atoms with E-state index in [0.717, 1.165) is 19.3 Å². The number of H-pyrrole nitrogens is 1. The monoisotopic (exact) mass is 663 g/mol. The van der Waals surface area contributed by atoms with Gasteiger partial charge in [0.25, 0.3) is 5.56 Å². The third-order valence-corrected chi connectivity index (χ3v) is 14.4. The van der Waals surface area contributed by atoms with Crippen molar-refractivity contribution in [1.82, 2.24) is 19.5 Å². The molecule has 230 valence electrons. The second-order valence-electron chi connectivity index (χ2n) is 12.0. The van der Waals surface area contributed by atoms with Crippen LogP contribution in [-0.2, 0) is 30.3 Å². The third kappa shape index (κ3) is 5.82. The van der Waals surface area contributed by atoms with Gasteiger partial charge in [-0.25, -0.2) is 4.98 Å². The Morgan fingerprint density at radius 1 is 1.44 bits per heavy atom. The molecule has 0 radical (unpaired) electrons. The second kappa shape index (κ2) is 12.1. The Balaban J connectivity index is 0.00000194. The summed E-state index contributed by atoms with van der Waals surface area (Å²) in [5.74, 6) is 1.25. The molecule has 1 unspecified atom stereocenters. The van der Waals surface area contributed by atoms with Crippen LogP contribution in [0.25, 0.3) is 11.2 Å². The van der Waals surface area contributed by atoms with Crippen LogP contribution in [0.5, 0.6) is 0 Å². The van der Waals surface area contributed by atoms with E-state index in [1.54, 1.807) is 22.3 Å². The van der Waals surface area contributed by atoms with Gasteiger partial charge in [0.1, 0.15) is 17.8 Å². The Morgan fingerprint density at radius 2 is 2.20 bits per heavy atom. The Kier molecular flexibility index (Phi) is 9.82. The lowest BCUT2D eigenvalue weighted by atomic mass is 9.77. The van der Waals surface area contributed by atoms with Crippen molar-refractivity contribution in [3.63, 3.8) is 0 Å². The van der Waals surface area contributed by atoms with Gasteiger partial charge in [-0.2, -0.15) is 32.0 Å². The number of fused-ring (bicyclic) bond motifs is 4. The first-order valence-corrected chi connectivity index (χ1v) is 17.8. The van der Waals surface area contributed by atoms with Gasteiger partial charge in [0.2, 0.25) is 11.6 Å². The van der Waals surface area contributed by atoms with Crippen LogP contribution in [0.15, 0.2) is 23.3 Å². The lowest BCUT2D eigenvalue weighted by molar-refractivity contribution is -0.172. The molecular weight excluding hydrogens is 622 g/mol. The first kappa shape index (κ1) is 33.3. The number of allylic oxidation sites excluding steroid dienone is 1. The standard InChI is InChI=1S/C26H38N5O5PS2.2H2S/c1-7-26-12-33-19(20(26)36-37(38)35-17-10-16(15(4)5)8-9-25(17,6)39-37)23(34-26)31-13-28-18-21(31)29-24(30-22(18)32)27-11-14(2)3;;/h13-14,16-17,19-20,23H,4,7-12H2,1-3,5-6H3,(H2,27,29,30,32);2*1H2/t16-,17+,19-,20?,23+,25+,26-,37+;;/m0../s1. The smallest absolute Gasteiger partial charge is 0.280 e. The normalized spacial score (nSPS) is 37.6. The van der Waals surface area contributed by atoms with Crippen molar-refractivity contribution in [2.75, 3.05) is 18.5 Å². The molecule has 0 spiro atoms. The highest BCUT2D eigenvalue weighted by molar-refractivity contribution is 8.68. The molecule has 6 rings (SSSR count). The Hall–Kier alpha value is -0.570. The maximum atomic E-state index is 12.8. The number of aromatic amines is 1. The minimum Gasteiger partial charge on any atom is -0.368 e. The zero-order chi connectivity index (χ0) is 27.7. The summed E-state index contributed by atoms with van der Waals surface area (Å²) in [6, 6.07) is 0. The SMILES string of the molecule is C=C(C)[C@H]1CC[C@@]2(C)S[P@@](=S)(OC3[C@@H]4OC[C@]3(CC)O[C@H]4n3cnc4c(=O)[nH]c(NCC(C)C)nc43)O[C@@H]2C1.S.S. The number of rotatable bonds is 8. The zero-order valence-electron chi connectivity index (χ0n) is 24.1. The van der Waals surface area contributed by atoms with Crippen molar-refractivity contribution >= 4 is 73.0 Å². The summed E-state index contributed by atoms with van der Waals surface area (Å²) in [4.78, 5) is 24.6. The van der Waals surface area contributed by atoms with E-state index in [4.69, 9.17) is 30.3 Å². The molecule has 4 fully saturated rings.